The SMILES string of the molecule is CCOc1ccc(C(=O)Nc2nnc(SCc3cc(=O)n4cccc(C)c4n3)s2)cc1. The van der Waals surface area contributed by atoms with E-state index in [1.54, 1.807) is 30.5 Å². The van der Waals surface area contributed by atoms with Crippen LogP contribution in [0.2, 0.25) is 0 Å². The monoisotopic (exact) mass is 453 g/mol. The Morgan fingerprint density at radius 2 is 2.03 bits per heavy atom. The Bertz CT molecular complexity index is 1280. The Balaban J connectivity index is 1.40. The molecule has 31 heavy (non-hydrogen) atoms. The number of anilines is 1. The minimum absolute atomic E-state index is 0.120. The van der Waals surface area contributed by atoms with E-state index in [-0.39, 0.29) is 11.5 Å². The van der Waals surface area contributed by atoms with Gasteiger partial charge in [0.25, 0.3) is 11.5 Å². The van der Waals surface area contributed by atoms with E-state index in [0.717, 1.165) is 5.56 Å². The summed E-state index contributed by atoms with van der Waals surface area (Å²) >= 11 is 2.68. The lowest BCUT2D eigenvalue weighted by Gasteiger charge is -2.05. The molecule has 0 fully saturated rings. The summed E-state index contributed by atoms with van der Waals surface area (Å²) in [5, 5.41) is 11.3. The van der Waals surface area contributed by atoms with Crippen molar-refractivity contribution < 1.29 is 9.53 Å². The lowest BCUT2D eigenvalue weighted by atomic mass is 10.2. The molecule has 158 valence electrons. The average molecular weight is 454 g/mol. The first-order chi connectivity index (χ1) is 15.0. The molecule has 0 aliphatic rings. The van der Waals surface area contributed by atoms with Crippen LogP contribution in [0.1, 0.15) is 28.5 Å². The van der Waals surface area contributed by atoms with Gasteiger partial charge in [-0.25, -0.2) is 4.98 Å². The number of amides is 1. The maximum absolute atomic E-state index is 12.4. The van der Waals surface area contributed by atoms with Gasteiger partial charge in [0.2, 0.25) is 5.13 Å². The second kappa shape index (κ2) is 9.27. The summed E-state index contributed by atoms with van der Waals surface area (Å²) in [6.45, 7) is 4.39. The smallest absolute Gasteiger partial charge is 0.258 e. The Kier molecular flexibility index (Phi) is 6.28. The highest BCUT2D eigenvalue weighted by molar-refractivity contribution is 8.00. The lowest BCUT2D eigenvalue weighted by Crippen LogP contribution is -2.15. The third kappa shape index (κ3) is 4.92. The van der Waals surface area contributed by atoms with Crippen LogP contribution < -0.4 is 15.6 Å². The van der Waals surface area contributed by atoms with Crippen LogP contribution in [0.4, 0.5) is 5.13 Å². The predicted octanol–water partition coefficient (Wildman–Crippen LogP) is 3.80. The number of hydrogen-bond donors (Lipinski definition) is 1. The number of rotatable bonds is 7. The van der Waals surface area contributed by atoms with Gasteiger partial charge in [0, 0.05) is 23.6 Å². The van der Waals surface area contributed by atoms with Gasteiger partial charge in [0.05, 0.1) is 12.3 Å². The van der Waals surface area contributed by atoms with Crippen LogP contribution in [-0.4, -0.2) is 32.1 Å². The van der Waals surface area contributed by atoms with Gasteiger partial charge in [-0.2, -0.15) is 0 Å². The molecule has 1 amide bonds. The average Bonchev–Trinajstić information content (AvgIpc) is 3.21. The van der Waals surface area contributed by atoms with Crippen molar-refractivity contribution in [2.24, 2.45) is 0 Å². The van der Waals surface area contributed by atoms with E-state index < -0.39 is 0 Å². The first-order valence-corrected chi connectivity index (χ1v) is 11.3. The van der Waals surface area contributed by atoms with Gasteiger partial charge >= 0.3 is 0 Å². The van der Waals surface area contributed by atoms with Crippen molar-refractivity contribution in [3.05, 3.63) is 75.8 Å². The summed E-state index contributed by atoms with van der Waals surface area (Å²) in [4.78, 5) is 29.3. The van der Waals surface area contributed by atoms with Gasteiger partial charge in [0.1, 0.15) is 11.4 Å². The fraction of sp³-hybridized carbons (Fsp3) is 0.190. The molecule has 1 N–H and O–H groups in total. The highest BCUT2D eigenvalue weighted by Crippen LogP contribution is 2.28. The molecule has 10 heteroatoms. The normalized spacial score (nSPS) is 10.9. The number of thioether (sulfide) groups is 1. The maximum Gasteiger partial charge on any atom is 0.258 e. The molecule has 0 atom stereocenters. The van der Waals surface area contributed by atoms with Crippen LogP contribution >= 0.6 is 23.1 Å². The highest BCUT2D eigenvalue weighted by atomic mass is 32.2. The number of carbonyl (C=O) groups excluding carboxylic acids is 1. The highest BCUT2D eigenvalue weighted by Gasteiger charge is 2.12. The van der Waals surface area contributed by atoms with E-state index in [4.69, 9.17) is 4.74 Å². The van der Waals surface area contributed by atoms with E-state index in [1.807, 2.05) is 26.0 Å². The first kappa shape index (κ1) is 21.0. The van der Waals surface area contributed by atoms with E-state index in [0.29, 0.717) is 44.5 Å². The fourth-order valence-corrected chi connectivity index (χ4v) is 4.52. The van der Waals surface area contributed by atoms with Crippen LogP contribution in [0.25, 0.3) is 5.65 Å². The number of hydrogen-bond acceptors (Lipinski definition) is 8. The van der Waals surface area contributed by atoms with Crippen molar-refractivity contribution in [3.63, 3.8) is 0 Å². The molecule has 0 aliphatic heterocycles. The lowest BCUT2D eigenvalue weighted by molar-refractivity contribution is 0.102. The number of aromatic nitrogens is 4. The summed E-state index contributed by atoms with van der Waals surface area (Å²) < 4.78 is 7.59. The number of nitrogens with one attached hydrogen (secondary N) is 1. The standard InChI is InChI=1S/C21H19N5O3S2/c1-3-29-16-8-6-14(7-9-16)19(28)23-20-24-25-21(31-20)30-12-15-11-17(27)26-10-4-5-13(2)18(26)22-15/h4-11H,3,12H2,1-2H3,(H,23,24,28). The zero-order chi connectivity index (χ0) is 21.8. The number of pyridine rings is 1. The minimum atomic E-state index is -0.268. The Morgan fingerprint density at radius 3 is 2.81 bits per heavy atom. The Morgan fingerprint density at radius 1 is 1.23 bits per heavy atom. The largest absolute Gasteiger partial charge is 0.494 e. The summed E-state index contributed by atoms with van der Waals surface area (Å²) in [6.07, 6.45) is 1.71. The zero-order valence-electron chi connectivity index (χ0n) is 16.9. The molecule has 0 saturated carbocycles. The van der Waals surface area contributed by atoms with Crippen LogP contribution in [0.15, 0.2) is 57.8 Å². The third-order valence-corrected chi connectivity index (χ3v) is 6.34. The molecule has 4 rings (SSSR count). The second-order valence-electron chi connectivity index (χ2n) is 6.54. The Labute approximate surface area is 186 Å². The minimum Gasteiger partial charge on any atom is -0.494 e. The predicted molar refractivity (Wildman–Crippen MR) is 121 cm³/mol. The van der Waals surface area contributed by atoms with E-state index in [2.05, 4.69) is 20.5 Å². The van der Waals surface area contributed by atoms with Crippen LogP contribution in [0, 0.1) is 6.92 Å². The molecule has 0 radical (unpaired) electrons. The summed E-state index contributed by atoms with van der Waals surface area (Å²) in [6, 6.07) is 12.2. The zero-order valence-corrected chi connectivity index (χ0v) is 18.5. The quantitative estimate of drug-likeness (QED) is 0.336. The number of fused-ring (bicyclic) bond motifs is 1. The number of carbonyl (C=O) groups is 1. The molecule has 0 unspecified atom stereocenters. The van der Waals surface area contributed by atoms with Gasteiger partial charge in [-0.05, 0) is 49.7 Å². The van der Waals surface area contributed by atoms with Crippen molar-refractivity contribution in [1.82, 2.24) is 19.6 Å². The second-order valence-corrected chi connectivity index (χ2v) is 8.74. The van der Waals surface area contributed by atoms with E-state index in [9.17, 15) is 9.59 Å². The van der Waals surface area contributed by atoms with Crippen molar-refractivity contribution in [2.45, 2.75) is 23.9 Å². The topological polar surface area (TPSA) is 98.5 Å². The van der Waals surface area contributed by atoms with E-state index in [1.165, 1.54) is 33.6 Å². The van der Waals surface area contributed by atoms with Crippen molar-refractivity contribution in [2.75, 3.05) is 11.9 Å². The van der Waals surface area contributed by atoms with Crippen molar-refractivity contribution in [1.29, 1.82) is 0 Å². The molecular formula is C21H19N5O3S2. The number of benzene rings is 1. The maximum atomic E-state index is 12.4. The van der Waals surface area contributed by atoms with Gasteiger partial charge in [-0.1, -0.05) is 29.2 Å². The number of ether oxygens (including phenoxy) is 1. The van der Waals surface area contributed by atoms with Gasteiger partial charge < -0.3 is 4.74 Å². The van der Waals surface area contributed by atoms with Gasteiger partial charge in [0.15, 0.2) is 4.34 Å². The number of aryl methyl sites for hydroxylation is 1. The molecule has 4 aromatic rings. The molecule has 8 nitrogen and oxygen atoms in total. The molecule has 0 spiro atoms. The molecule has 0 saturated heterocycles. The molecule has 3 aromatic heterocycles. The number of nitrogens with zero attached hydrogens (tertiary/aromatic N) is 4. The van der Waals surface area contributed by atoms with Gasteiger partial charge in [-0.15, -0.1) is 10.2 Å². The first-order valence-electron chi connectivity index (χ1n) is 9.52. The summed E-state index contributed by atoms with van der Waals surface area (Å²) in [5.41, 5.74) is 2.63. The molecule has 0 aliphatic carbocycles. The van der Waals surface area contributed by atoms with Crippen LogP contribution in [0.5, 0.6) is 5.75 Å². The molecule has 3 heterocycles. The molecule has 0 bridgehead atoms. The van der Waals surface area contributed by atoms with Crippen LogP contribution in [-0.2, 0) is 5.75 Å². The summed E-state index contributed by atoms with van der Waals surface area (Å²) in [5.74, 6) is 0.919. The summed E-state index contributed by atoms with van der Waals surface area (Å²) in [7, 11) is 0. The van der Waals surface area contributed by atoms with E-state index >= 15 is 0 Å². The molecular weight excluding hydrogens is 434 g/mol. The fourth-order valence-electron chi connectivity index (χ4n) is 2.88. The van der Waals surface area contributed by atoms with Crippen molar-refractivity contribution in [3.8, 4) is 5.75 Å². The third-order valence-electron chi connectivity index (χ3n) is 4.34. The van der Waals surface area contributed by atoms with Gasteiger partial charge in [-0.3, -0.25) is 19.3 Å². The molecule has 1 aromatic carbocycles. The van der Waals surface area contributed by atoms with Crippen LogP contribution in [0.3, 0.4) is 0 Å². The Hall–Kier alpha value is -3.24. The van der Waals surface area contributed by atoms with Crippen molar-refractivity contribution >= 4 is 39.8 Å².